The van der Waals surface area contributed by atoms with Crippen molar-refractivity contribution in [3.63, 3.8) is 0 Å². The summed E-state index contributed by atoms with van der Waals surface area (Å²) in [5, 5.41) is 15.2. The molecule has 1 aromatic carbocycles. The molecule has 0 saturated carbocycles. The van der Waals surface area contributed by atoms with Gasteiger partial charge in [-0.05, 0) is 11.6 Å². The molecule has 4 nitrogen and oxygen atoms in total. The molecule has 0 bridgehead atoms. The van der Waals surface area contributed by atoms with E-state index < -0.39 is 5.82 Å². The van der Waals surface area contributed by atoms with Crippen LogP contribution < -0.4 is 0 Å². The van der Waals surface area contributed by atoms with Gasteiger partial charge in [0.15, 0.2) is 5.82 Å². The Kier molecular flexibility index (Phi) is 3.17. The molecule has 6 heteroatoms. The second-order valence-electron chi connectivity index (χ2n) is 3.25. The van der Waals surface area contributed by atoms with Crippen molar-refractivity contribution in [1.82, 2.24) is 15.2 Å². The van der Waals surface area contributed by atoms with Crippen LogP contribution in [0.4, 0.5) is 4.39 Å². The SMILES string of the molecule is OCc1n[nH]c(Cc2cccc(Cl)c2F)n1. The van der Waals surface area contributed by atoms with Crippen molar-refractivity contribution in [1.29, 1.82) is 0 Å². The molecule has 0 atom stereocenters. The average molecular weight is 242 g/mol. The lowest BCUT2D eigenvalue weighted by atomic mass is 10.1. The Morgan fingerprint density at radius 3 is 2.94 bits per heavy atom. The molecule has 0 spiro atoms. The molecule has 0 fully saturated rings. The lowest BCUT2D eigenvalue weighted by molar-refractivity contribution is 0.272. The Morgan fingerprint density at radius 1 is 1.44 bits per heavy atom. The molecule has 2 rings (SSSR count). The minimum absolute atomic E-state index is 0.0828. The maximum atomic E-state index is 13.5. The van der Waals surface area contributed by atoms with E-state index in [0.29, 0.717) is 11.4 Å². The summed E-state index contributed by atoms with van der Waals surface area (Å²) in [6.45, 7) is -0.242. The van der Waals surface area contributed by atoms with Gasteiger partial charge in [0.1, 0.15) is 18.2 Å². The van der Waals surface area contributed by atoms with Crippen LogP contribution in [0.1, 0.15) is 17.2 Å². The van der Waals surface area contributed by atoms with Crippen molar-refractivity contribution in [3.05, 3.63) is 46.3 Å². The number of nitrogens with one attached hydrogen (secondary N) is 1. The molecule has 0 aliphatic heterocycles. The number of rotatable bonds is 3. The van der Waals surface area contributed by atoms with Gasteiger partial charge in [-0.15, -0.1) is 0 Å². The molecular weight excluding hydrogens is 233 g/mol. The van der Waals surface area contributed by atoms with E-state index in [4.69, 9.17) is 16.7 Å². The van der Waals surface area contributed by atoms with E-state index in [1.807, 2.05) is 0 Å². The molecule has 0 unspecified atom stereocenters. The lowest BCUT2D eigenvalue weighted by Gasteiger charge is -2.01. The van der Waals surface area contributed by atoms with Gasteiger partial charge in [-0.3, -0.25) is 5.10 Å². The lowest BCUT2D eigenvalue weighted by Crippen LogP contribution is -1.95. The van der Waals surface area contributed by atoms with Crippen LogP contribution in [-0.4, -0.2) is 20.3 Å². The van der Waals surface area contributed by atoms with Crippen molar-refractivity contribution in [2.45, 2.75) is 13.0 Å². The highest BCUT2D eigenvalue weighted by Crippen LogP contribution is 2.19. The number of aliphatic hydroxyl groups excluding tert-OH is 1. The highest BCUT2D eigenvalue weighted by atomic mass is 35.5. The standard InChI is InChI=1S/C10H9ClFN3O/c11-7-3-1-2-6(10(7)12)4-8-13-9(5-16)15-14-8/h1-3,16H,4-5H2,(H,13,14,15). The van der Waals surface area contributed by atoms with Crippen LogP contribution in [0.3, 0.4) is 0 Å². The van der Waals surface area contributed by atoms with Crippen LogP contribution in [0.25, 0.3) is 0 Å². The summed E-state index contributed by atoms with van der Waals surface area (Å²) in [5.41, 5.74) is 0.438. The van der Waals surface area contributed by atoms with Crippen LogP contribution >= 0.6 is 11.6 Å². The van der Waals surface area contributed by atoms with E-state index in [1.165, 1.54) is 6.07 Å². The molecule has 0 saturated heterocycles. The minimum Gasteiger partial charge on any atom is -0.388 e. The zero-order valence-corrected chi connectivity index (χ0v) is 9.00. The first-order valence-corrected chi connectivity index (χ1v) is 5.02. The predicted octanol–water partition coefficient (Wildman–Crippen LogP) is 1.68. The van der Waals surface area contributed by atoms with Crippen molar-refractivity contribution < 1.29 is 9.50 Å². The number of hydrogen-bond donors (Lipinski definition) is 2. The normalized spacial score (nSPS) is 10.7. The number of H-pyrrole nitrogens is 1. The molecule has 16 heavy (non-hydrogen) atoms. The molecule has 0 radical (unpaired) electrons. The van der Waals surface area contributed by atoms with Crippen molar-refractivity contribution in [3.8, 4) is 0 Å². The van der Waals surface area contributed by atoms with Crippen LogP contribution in [0.2, 0.25) is 5.02 Å². The Hall–Kier alpha value is -1.46. The summed E-state index contributed by atoms with van der Waals surface area (Å²) >= 11 is 5.65. The van der Waals surface area contributed by atoms with Crippen molar-refractivity contribution >= 4 is 11.6 Å². The maximum absolute atomic E-state index is 13.5. The number of aromatic nitrogens is 3. The third-order valence-corrected chi connectivity index (χ3v) is 2.40. The second kappa shape index (κ2) is 4.59. The Morgan fingerprint density at radius 2 is 2.25 bits per heavy atom. The summed E-state index contributed by atoms with van der Waals surface area (Å²) in [5.74, 6) is 0.328. The van der Waals surface area contributed by atoms with Gasteiger partial charge >= 0.3 is 0 Å². The molecule has 0 amide bonds. The Labute approximate surface area is 96.1 Å². The first kappa shape index (κ1) is 11.0. The highest BCUT2D eigenvalue weighted by Gasteiger charge is 2.09. The number of aromatic amines is 1. The third kappa shape index (κ3) is 2.20. The summed E-state index contributed by atoms with van der Waals surface area (Å²) < 4.78 is 13.5. The van der Waals surface area contributed by atoms with E-state index in [-0.39, 0.29) is 23.9 Å². The van der Waals surface area contributed by atoms with Crippen molar-refractivity contribution in [2.24, 2.45) is 0 Å². The number of hydrogen-bond acceptors (Lipinski definition) is 3. The van der Waals surface area contributed by atoms with Crippen molar-refractivity contribution in [2.75, 3.05) is 0 Å². The summed E-state index contributed by atoms with van der Waals surface area (Å²) in [4.78, 5) is 3.97. The third-order valence-electron chi connectivity index (χ3n) is 2.11. The molecule has 84 valence electrons. The maximum Gasteiger partial charge on any atom is 0.176 e. The monoisotopic (exact) mass is 241 g/mol. The van der Waals surface area contributed by atoms with Gasteiger partial charge in [0, 0.05) is 6.42 Å². The van der Waals surface area contributed by atoms with E-state index >= 15 is 0 Å². The fourth-order valence-corrected chi connectivity index (χ4v) is 1.54. The minimum atomic E-state index is -0.453. The first-order valence-electron chi connectivity index (χ1n) is 4.64. The smallest absolute Gasteiger partial charge is 0.176 e. The largest absolute Gasteiger partial charge is 0.388 e. The van der Waals surface area contributed by atoms with E-state index in [1.54, 1.807) is 12.1 Å². The predicted molar refractivity (Wildman–Crippen MR) is 56.5 cm³/mol. The number of benzene rings is 1. The van der Waals surface area contributed by atoms with Gasteiger partial charge in [0.2, 0.25) is 0 Å². The number of aliphatic hydroxyl groups is 1. The zero-order valence-electron chi connectivity index (χ0n) is 8.24. The van der Waals surface area contributed by atoms with Gasteiger partial charge < -0.3 is 5.11 Å². The molecule has 2 aromatic rings. The molecule has 0 aliphatic carbocycles. The summed E-state index contributed by atoms with van der Waals surface area (Å²) in [7, 11) is 0. The molecule has 2 N–H and O–H groups in total. The fraction of sp³-hybridized carbons (Fsp3) is 0.200. The number of nitrogens with zero attached hydrogens (tertiary/aromatic N) is 2. The van der Waals surface area contributed by atoms with E-state index in [9.17, 15) is 4.39 Å². The molecule has 0 aliphatic rings. The topological polar surface area (TPSA) is 61.8 Å². The van der Waals surface area contributed by atoms with Crippen LogP contribution in [0.15, 0.2) is 18.2 Å². The van der Waals surface area contributed by atoms with Crippen LogP contribution in [0.5, 0.6) is 0 Å². The van der Waals surface area contributed by atoms with Crippen LogP contribution in [-0.2, 0) is 13.0 Å². The fourth-order valence-electron chi connectivity index (χ4n) is 1.35. The molecule has 1 aromatic heterocycles. The number of halogens is 2. The summed E-state index contributed by atoms with van der Waals surface area (Å²) in [6.07, 6.45) is 0.263. The van der Waals surface area contributed by atoms with Crippen LogP contribution in [0, 0.1) is 5.82 Å². The summed E-state index contributed by atoms with van der Waals surface area (Å²) in [6, 6.07) is 4.78. The second-order valence-corrected chi connectivity index (χ2v) is 3.65. The average Bonchev–Trinajstić information content (AvgIpc) is 2.73. The first-order chi connectivity index (χ1) is 7.70. The molecule has 1 heterocycles. The molecular formula is C10H9ClFN3O. The Balaban J connectivity index is 2.23. The van der Waals surface area contributed by atoms with Gasteiger partial charge in [0.05, 0.1) is 5.02 Å². The zero-order chi connectivity index (χ0) is 11.5. The van der Waals surface area contributed by atoms with E-state index in [2.05, 4.69) is 15.2 Å². The van der Waals surface area contributed by atoms with Gasteiger partial charge in [-0.2, -0.15) is 5.10 Å². The van der Waals surface area contributed by atoms with Gasteiger partial charge in [-0.1, -0.05) is 23.7 Å². The Bertz CT molecular complexity index is 501. The quantitative estimate of drug-likeness (QED) is 0.860. The highest BCUT2D eigenvalue weighted by molar-refractivity contribution is 6.30. The van der Waals surface area contributed by atoms with Gasteiger partial charge in [0.25, 0.3) is 0 Å². The van der Waals surface area contributed by atoms with E-state index in [0.717, 1.165) is 0 Å². The van der Waals surface area contributed by atoms with Gasteiger partial charge in [-0.25, -0.2) is 9.37 Å².